The van der Waals surface area contributed by atoms with E-state index in [-0.39, 0.29) is 5.91 Å². The molecule has 1 aliphatic rings. The first kappa shape index (κ1) is 9.90. The van der Waals surface area contributed by atoms with Gasteiger partial charge in [0.05, 0.1) is 0 Å². The van der Waals surface area contributed by atoms with Gasteiger partial charge in [0.2, 0.25) is 0 Å². The molecule has 1 N–H and O–H groups in total. The van der Waals surface area contributed by atoms with Crippen LogP contribution in [0.25, 0.3) is 0 Å². The van der Waals surface area contributed by atoms with Crippen molar-refractivity contribution in [2.24, 2.45) is 5.10 Å². The second-order valence-electron chi connectivity index (χ2n) is 3.69. The van der Waals surface area contributed by atoms with Gasteiger partial charge in [-0.15, -0.1) is 0 Å². The Hall–Kier alpha value is -1.64. The maximum Gasteiger partial charge on any atom is 0.271 e. The molecule has 0 heterocycles. The van der Waals surface area contributed by atoms with E-state index in [1.165, 1.54) is 12.8 Å². The molecular formula is C12H14N2O. The smallest absolute Gasteiger partial charge is 0.267 e. The molecule has 0 radical (unpaired) electrons. The number of rotatable bonds is 2. The fraction of sp³-hybridized carbons (Fsp3) is 0.333. The van der Waals surface area contributed by atoms with Crippen molar-refractivity contribution in [1.82, 2.24) is 5.43 Å². The van der Waals surface area contributed by atoms with Crippen molar-refractivity contribution in [3.8, 4) is 0 Å². The number of nitrogens with zero attached hydrogens (tertiary/aromatic N) is 1. The van der Waals surface area contributed by atoms with Crippen LogP contribution < -0.4 is 5.43 Å². The van der Waals surface area contributed by atoms with Crippen molar-refractivity contribution in [2.75, 3.05) is 0 Å². The first-order valence-electron chi connectivity index (χ1n) is 5.27. The van der Waals surface area contributed by atoms with Gasteiger partial charge in [-0.25, -0.2) is 5.43 Å². The van der Waals surface area contributed by atoms with Crippen LogP contribution in [0, 0.1) is 0 Å². The molecule has 0 saturated heterocycles. The largest absolute Gasteiger partial charge is 0.271 e. The Balaban J connectivity index is 1.95. The van der Waals surface area contributed by atoms with E-state index in [0.29, 0.717) is 5.56 Å². The Labute approximate surface area is 89.2 Å². The highest BCUT2D eigenvalue weighted by atomic mass is 16.2. The Morgan fingerprint density at radius 2 is 1.80 bits per heavy atom. The van der Waals surface area contributed by atoms with E-state index in [0.717, 1.165) is 18.6 Å². The quantitative estimate of drug-likeness (QED) is 0.735. The molecule has 0 unspecified atom stereocenters. The molecule has 0 aliphatic heterocycles. The number of carbonyl (C=O) groups excluding carboxylic acids is 1. The molecule has 0 bridgehead atoms. The lowest BCUT2D eigenvalue weighted by Gasteiger charge is -2.00. The summed E-state index contributed by atoms with van der Waals surface area (Å²) in [5.41, 5.74) is 4.35. The van der Waals surface area contributed by atoms with Crippen LogP contribution >= 0.6 is 0 Å². The Bertz CT molecular complexity index is 362. The molecule has 0 spiro atoms. The fourth-order valence-electron chi connectivity index (χ4n) is 1.68. The molecule has 1 fully saturated rings. The summed E-state index contributed by atoms with van der Waals surface area (Å²) < 4.78 is 0. The van der Waals surface area contributed by atoms with Gasteiger partial charge >= 0.3 is 0 Å². The van der Waals surface area contributed by atoms with Gasteiger partial charge < -0.3 is 0 Å². The first-order chi connectivity index (χ1) is 7.36. The first-order valence-corrected chi connectivity index (χ1v) is 5.27. The van der Waals surface area contributed by atoms with Gasteiger partial charge in [-0.2, -0.15) is 5.10 Å². The molecule has 3 heteroatoms. The molecule has 0 aromatic heterocycles. The van der Waals surface area contributed by atoms with E-state index in [1.54, 1.807) is 12.1 Å². The standard InChI is InChI=1S/C12H14N2O/c15-12(10-6-2-1-3-7-10)14-13-11-8-4-5-9-11/h1-3,6-7H,4-5,8-9H2,(H,14,15). The molecule has 1 aliphatic carbocycles. The zero-order chi connectivity index (χ0) is 10.5. The maximum absolute atomic E-state index is 11.6. The van der Waals surface area contributed by atoms with E-state index >= 15 is 0 Å². The van der Waals surface area contributed by atoms with E-state index in [1.807, 2.05) is 18.2 Å². The van der Waals surface area contributed by atoms with Crippen molar-refractivity contribution in [1.29, 1.82) is 0 Å². The summed E-state index contributed by atoms with van der Waals surface area (Å²) in [7, 11) is 0. The third kappa shape index (κ3) is 2.65. The Morgan fingerprint density at radius 3 is 2.47 bits per heavy atom. The van der Waals surface area contributed by atoms with Crippen LogP contribution in [0.1, 0.15) is 36.0 Å². The van der Waals surface area contributed by atoms with Crippen molar-refractivity contribution in [3.05, 3.63) is 35.9 Å². The van der Waals surface area contributed by atoms with Crippen LogP contribution in [0.2, 0.25) is 0 Å². The van der Waals surface area contributed by atoms with Crippen LogP contribution in [0.4, 0.5) is 0 Å². The minimum absolute atomic E-state index is 0.130. The van der Waals surface area contributed by atoms with Crippen LogP contribution in [-0.2, 0) is 0 Å². The second kappa shape index (κ2) is 4.73. The van der Waals surface area contributed by atoms with E-state index in [2.05, 4.69) is 10.5 Å². The van der Waals surface area contributed by atoms with Crippen molar-refractivity contribution < 1.29 is 4.79 Å². The average molecular weight is 202 g/mol. The van der Waals surface area contributed by atoms with E-state index in [9.17, 15) is 4.79 Å². The SMILES string of the molecule is O=C(NN=C1CCCC1)c1ccccc1. The molecule has 1 aromatic carbocycles. The molecule has 1 saturated carbocycles. The molecule has 15 heavy (non-hydrogen) atoms. The van der Waals surface area contributed by atoms with Gasteiger partial charge in [0.1, 0.15) is 0 Å². The van der Waals surface area contributed by atoms with E-state index in [4.69, 9.17) is 0 Å². The van der Waals surface area contributed by atoms with Gasteiger partial charge in [0.15, 0.2) is 0 Å². The number of hydrogen-bond acceptors (Lipinski definition) is 2. The molecule has 78 valence electrons. The van der Waals surface area contributed by atoms with Crippen LogP contribution in [-0.4, -0.2) is 11.6 Å². The van der Waals surface area contributed by atoms with Crippen molar-refractivity contribution in [3.63, 3.8) is 0 Å². The maximum atomic E-state index is 11.6. The predicted octanol–water partition coefficient (Wildman–Crippen LogP) is 2.35. The summed E-state index contributed by atoms with van der Waals surface area (Å²) in [6.07, 6.45) is 4.43. The van der Waals surface area contributed by atoms with Gasteiger partial charge in [-0.05, 0) is 37.8 Å². The Morgan fingerprint density at radius 1 is 1.13 bits per heavy atom. The summed E-state index contributed by atoms with van der Waals surface area (Å²) in [6, 6.07) is 9.14. The van der Waals surface area contributed by atoms with Crippen molar-refractivity contribution in [2.45, 2.75) is 25.7 Å². The summed E-state index contributed by atoms with van der Waals surface area (Å²) in [5.74, 6) is -0.130. The predicted molar refractivity (Wildman–Crippen MR) is 59.8 cm³/mol. The molecule has 2 rings (SSSR count). The third-order valence-corrected chi connectivity index (χ3v) is 2.53. The number of hydrogen-bond donors (Lipinski definition) is 1. The fourth-order valence-corrected chi connectivity index (χ4v) is 1.68. The monoisotopic (exact) mass is 202 g/mol. The van der Waals surface area contributed by atoms with Crippen LogP contribution in [0.3, 0.4) is 0 Å². The third-order valence-electron chi connectivity index (χ3n) is 2.53. The lowest BCUT2D eigenvalue weighted by atomic mass is 10.2. The van der Waals surface area contributed by atoms with Gasteiger partial charge in [-0.1, -0.05) is 18.2 Å². The normalized spacial score (nSPS) is 15.1. The van der Waals surface area contributed by atoms with E-state index < -0.39 is 0 Å². The number of amides is 1. The summed E-state index contributed by atoms with van der Waals surface area (Å²) >= 11 is 0. The molecule has 3 nitrogen and oxygen atoms in total. The number of carbonyl (C=O) groups is 1. The number of benzene rings is 1. The van der Waals surface area contributed by atoms with Gasteiger partial charge in [0.25, 0.3) is 5.91 Å². The zero-order valence-electron chi connectivity index (χ0n) is 8.57. The molecule has 1 aromatic rings. The highest BCUT2D eigenvalue weighted by Crippen LogP contribution is 2.13. The molecule has 1 amide bonds. The minimum atomic E-state index is -0.130. The highest BCUT2D eigenvalue weighted by Gasteiger charge is 2.09. The van der Waals surface area contributed by atoms with Crippen LogP contribution in [0.15, 0.2) is 35.4 Å². The van der Waals surface area contributed by atoms with Crippen LogP contribution in [0.5, 0.6) is 0 Å². The summed E-state index contributed by atoms with van der Waals surface area (Å²) in [6.45, 7) is 0. The topological polar surface area (TPSA) is 41.5 Å². The average Bonchev–Trinajstić information content (AvgIpc) is 2.80. The second-order valence-corrected chi connectivity index (χ2v) is 3.69. The Kier molecular flexibility index (Phi) is 3.12. The molecular weight excluding hydrogens is 188 g/mol. The number of nitrogens with one attached hydrogen (secondary N) is 1. The van der Waals surface area contributed by atoms with Gasteiger partial charge in [-0.3, -0.25) is 4.79 Å². The molecule has 0 atom stereocenters. The van der Waals surface area contributed by atoms with Crippen molar-refractivity contribution >= 4 is 11.6 Å². The summed E-state index contributed by atoms with van der Waals surface area (Å²) in [5, 5.41) is 4.12. The van der Waals surface area contributed by atoms with Gasteiger partial charge in [0, 0.05) is 11.3 Å². The lowest BCUT2D eigenvalue weighted by Crippen LogP contribution is -2.18. The number of hydrazone groups is 1. The minimum Gasteiger partial charge on any atom is -0.267 e. The lowest BCUT2D eigenvalue weighted by molar-refractivity contribution is 0.0954. The summed E-state index contributed by atoms with van der Waals surface area (Å²) in [4.78, 5) is 11.6. The zero-order valence-corrected chi connectivity index (χ0v) is 8.57. The highest BCUT2D eigenvalue weighted by molar-refractivity contribution is 5.95.